The standard InChI is InChI=1S/C11H9BrClNO/c1-2-11-14-10(6-15-11)7-3-4-9(13)8(12)5-7/h3-6H,2H2,1H3. The third-order valence-electron chi connectivity index (χ3n) is 2.07. The van der Waals surface area contributed by atoms with Gasteiger partial charge in [-0.3, -0.25) is 0 Å². The average molecular weight is 287 g/mol. The molecule has 0 spiro atoms. The van der Waals surface area contributed by atoms with Crippen LogP contribution in [0.1, 0.15) is 12.8 Å². The molecule has 2 nitrogen and oxygen atoms in total. The molecule has 0 radical (unpaired) electrons. The van der Waals surface area contributed by atoms with Gasteiger partial charge in [-0.05, 0) is 28.1 Å². The predicted molar refractivity (Wildman–Crippen MR) is 64.0 cm³/mol. The van der Waals surface area contributed by atoms with Crippen LogP contribution >= 0.6 is 27.5 Å². The van der Waals surface area contributed by atoms with Gasteiger partial charge in [0.1, 0.15) is 12.0 Å². The smallest absolute Gasteiger partial charge is 0.194 e. The molecule has 4 heteroatoms. The van der Waals surface area contributed by atoms with Gasteiger partial charge in [-0.2, -0.15) is 0 Å². The molecule has 0 atom stereocenters. The molecule has 1 aromatic carbocycles. The summed E-state index contributed by atoms with van der Waals surface area (Å²) in [5.74, 6) is 0.746. The number of oxazole rings is 1. The second-order valence-corrected chi connectivity index (χ2v) is 4.37. The maximum Gasteiger partial charge on any atom is 0.194 e. The summed E-state index contributed by atoms with van der Waals surface area (Å²) in [6, 6.07) is 5.69. The number of aromatic nitrogens is 1. The van der Waals surface area contributed by atoms with E-state index in [1.165, 1.54) is 0 Å². The summed E-state index contributed by atoms with van der Waals surface area (Å²) in [7, 11) is 0. The van der Waals surface area contributed by atoms with Crippen molar-refractivity contribution in [1.29, 1.82) is 0 Å². The van der Waals surface area contributed by atoms with Crippen LogP contribution in [0.5, 0.6) is 0 Å². The van der Waals surface area contributed by atoms with Gasteiger partial charge in [0.05, 0.1) is 5.02 Å². The first-order chi connectivity index (χ1) is 7.20. The van der Waals surface area contributed by atoms with Crippen molar-refractivity contribution in [2.75, 3.05) is 0 Å². The zero-order valence-corrected chi connectivity index (χ0v) is 10.5. The third-order valence-corrected chi connectivity index (χ3v) is 3.28. The van der Waals surface area contributed by atoms with Crippen molar-refractivity contribution < 1.29 is 4.42 Å². The van der Waals surface area contributed by atoms with Crippen LogP contribution in [0.15, 0.2) is 33.4 Å². The molecule has 0 unspecified atom stereocenters. The van der Waals surface area contributed by atoms with Crippen molar-refractivity contribution in [3.05, 3.63) is 39.8 Å². The molecular formula is C11H9BrClNO. The Morgan fingerprint density at radius 1 is 1.47 bits per heavy atom. The first kappa shape index (κ1) is 10.7. The molecule has 2 rings (SSSR count). The van der Waals surface area contributed by atoms with Gasteiger partial charge in [0, 0.05) is 16.5 Å². The molecule has 1 heterocycles. The van der Waals surface area contributed by atoms with Crippen LogP contribution in [-0.2, 0) is 6.42 Å². The van der Waals surface area contributed by atoms with Crippen LogP contribution in [0.3, 0.4) is 0 Å². The maximum absolute atomic E-state index is 5.91. The Morgan fingerprint density at radius 2 is 2.27 bits per heavy atom. The molecule has 0 aliphatic rings. The fourth-order valence-electron chi connectivity index (χ4n) is 1.26. The lowest BCUT2D eigenvalue weighted by Crippen LogP contribution is -1.81. The van der Waals surface area contributed by atoms with Crippen molar-refractivity contribution in [2.24, 2.45) is 0 Å². The Balaban J connectivity index is 2.40. The maximum atomic E-state index is 5.91. The molecule has 0 saturated carbocycles. The summed E-state index contributed by atoms with van der Waals surface area (Å²) in [6.45, 7) is 2.01. The molecule has 1 aromatic heterocycles. The summed E-state index contributed by atoms with van der Waals surface area (Å²) in [5.41, 5.74) is 1.83. The molecule has 0 amide bonds. The SMILES string of the molecule is CCc1nc(-c2ccc(Cl)c(Br)c2)co1. The number of hydrogen-bond donors (Lipinski definition) is 0. The fourth-order valence-corrected chi connectivity index (χ4v) is 1.76. The zero-order valence-electron chi connectivity index (χ0n) is 8.13. The second-order valence-electron chi connectivity index (χ2n) is 3.11. The summed E-state index contributed by atoms with van der Waals surface area (Å²) < 4.78 is 6.14. The largest absolute Gasteiger partial charge is 0.448 e. The fraction of sp³-hybridized carbons (Fsp3) is 0.182. The molecule has 0 saturated heterocycles. The molecule has 78 valence electrons. The van der Waals surface area contributed by atoms with E-state index in [4.69, 9.17) is 16.0 Å². The number of aryl methyl sites for hydroxylation is 1. The van der Waals surface area contributed by atoms with Crippen molar-refractivity contribution in [1.82, 2.24) is 4.98 Å². The Hall–Kier alpha value is -0.800. The van der Waals surface area contributed by atoms with Crippen molar-refractivity contribution in [2.45, 2.75) is 13.3 Å². The minimum absolute atomic E-state index is 0.693. The molecule has 0 fully saturated rings. The summed E-state index contributed by atoms with van der Waals surface area (Å²) in [5, 5.41) is 0.693. The van der Waals surface area contributed by atoms with Gasteiger partial charge in [0.25, 0.3) is 0 Å². The number of halogens is 2. The van der Waals surface area contributed by atoms with Crippen molar-refractivity contribution in [3.8, 4) is 11.3 Å². The summed E-state index contributed by atoms with van der Waals surface area (Å²) in [6.07, 6.45) is 2.46. The number of nitrogens with zero attached hydrogens (tertiary/aromatic N) is 1. The lowest BCUT2D eigenvalue weighted by molar-refractivity contribution is 0.502. The van der Waals surface area contributed by atoms with Crippen LogP contribution in [-0.4, -0.2) is 4.98 Å². The highest BCUT2D eigenvalue weighted by atomic mass is 79.9. The van der Waals surface area contributed by atoms with Gasteiger partial charge < -0.3 is 4.42 Å². The van der Waals surface area contributed by atoms with E-state index in [9.17, 15) is 0 Å². The van der Waals surface area contributed by atoms with Crippen LogP contribution in [0.4, 0.5) is 0 Å². The minimum Gasteiger partial charge on any atom is -0.448 e. The predicted octanol–water partition coefficient (Wildman–Crippen LogP) is 4.32. The lowest BCUT2D eigenvalue weighted by Gasteiger charge is -1.98. The Bertz CT molecular complexity index is 481. The van der Waals surface area contributed by atoms with E-state index < -0.39 is 0 Å². The van der Waals surface area contributed by atoms with Crippen molar-refractivity contribution >= 4 is 27.5 Å². The highest BCUT2D eigenvalue weighted by molar-refractivity contribution is 9.10. The van der Waals surface area contributed by atoms with E-state index in [1.807, 2.05) is 25.1 Å². The molecular weight excluding hydrogens is 277 g/mol. The first-order valence-corrected chi connectivity index (χ1v) is 5.77. The van der Waals surface area contributed by atoms with Crippen LogP contribution in [0.2, 0.25) is 5.02 Å². The first-order valence-electron chi connectivity index (χ1n) is 4.60. The average Bonchev–Trinajstić information content (AvgIpc) is 2.70. The minimum atomic E-state index is 0.693. The zero-order chi connectivity index (χ0) is 10.8. The van der Waals surface area contributed by atoms with Crippen LogP contribution < -0.4 is 0 Å². The van der Waals surface area contributed by atoms with Gasteiger partial charge in [0.2, 0.25) is 0 Å². The van der Waals surface area contributed by atoms with Gasteiger partial charge >= 0.3 is 0 Å². The third kappa shape index (κ3) is 2.24. The Morgan fingerprint density at radius 3 is 2.87 bits per heavy atom. The van der Waals surface area contributed by atoms with E-state index in [2.05, 4.69) is 20.9 Å². The molecule has 0 aliphatic carbocycles. The van der Waals surface area contributed by atoms with Gasteiger partial charge in [-0.15, -0.1) is 0 Å². The molecule has 0 N–H and O–H groups in total. The van der Waals surface area contributed by atoms with Gasteiger partial charge in [-0.25, -0.2) is 4.98 Å². The summed E-state index contributed by atoms with van der Waals surface area (Å²) >= 11 is 9.29. The second kappa shape index (κ2) is 4.37. The number of rotatable bonds is 2. The van der Waals surface area contributed by atoms with E-state index in [-0.39, 0.29) is 0 Å². The highest BCUT2D eigenvalue weighted by Crippen LogP contribution is 2.28. The number of benzene rings is 1. The van der Waals surface area contributed by atoms with Crippen molar-refractivity contribution in [3.63, 3.8) is 0 Å². The Kier molecular flexibility index (Phi) is 3.12. The highest BCUT2D eigenvalue weighted by Gasteiger charge is 2.06. The van der Waals surface area contributed by atoms with E-state index in [0.717, 1.165) is 28.0 Å². The van der Waals surface area contributed by atoms with Gasteiger partial charge in [-0.1, -0.05) is 24.6 Å². The quantitative estimate of drug-likeness (QED) is 0.822. The van der Waals surface area contributed by atoms with Gasteiger partial charge in [0.15, 0.2) is 5.89 Å². The van der Waals surface area contributed by atoms with E-state index in [0.29, 0.717) is 5.02 Å². The molecule has 2 aromatic rings. The monoisotopic (exact) mass is 285 g/mol. The van der Waals surface area contributed by atoms with Crippen LogP contribution in [0.25, 0.3) is 11.3 Å². The molecule has 15 heavy (non-hydrogen) atoms. The summed E-state index contributed by atoms with van der Waals surface area (Å²) in [4.78, 5) is 4.34. The van der Waals surface area contributed by atoms with E-state index in [1.54, 1.807) is 6.26 Å². The number of hydrogen-bond acceptors (Lipinski definition) is 2. The Labute approximate surface area is 101 Å². The molecule has 0 bridgehead atoms. The van der Waals surface area contributed by atoms with Crippen LogP contribution in [0, 0.1) is 0 Å². The topological polar surface area (TPSA) is 26.0 Å². The normalized spacial score (nSPS) is 10.6. The lowest BCUT2D eigenvalue weighted by atomic mass is 10.2. The molecule has 0 aliphatic heterocycles. The van der Waals surface area contributed by atoms with E-state index >= 15 is 0 Å².